The van der Waals surface area contributed by atoms with E-state index >= 15 is 0 Å². The van der Waals surface area contributed by atoms with Crippen LogP contribution in [-0.4, -0.2) is 36.1 Å². The number of piperidine rings is 1. The van der Waals surface area contributed by atoms with E-state index in [-0.39, 0.29) is 0 Å². The van der Waals surface area contributed by atoms with Crippen LogP contribution in [0.4, 0.5) is 0 Å². The first kappa shape index (κ1) is 15.5. The van der Waals surface area contributed by atoms with Crippen LogP contribution in [0.2, 0.25) is 0 Å². The van der Waals surface area contributed by atoms with Crippen molar-refractivity contribution < 1.29 is 0 Å². The lowest BCUT2D eigenvalue weighted by Crippen LogP contribution is -2.44. The SMILES string of the molecule is CCN(Cc1cccc(C)n1)CC1(CC)CCNCC1. The van der Waals surface area contributed by atoms with Crippen LogP contribution in [0, 0.1) is 12.3 Å². The van der Waals surface area contributed by atoms with Crippen molar-refractivity contribution in [1.29, 1.82) is 0 Å². The maximum atomic E-state index is 4.65. The highest BCUT2D eigenvalue weighted by molar-refractivity contribution is 5.09. The van der Waals surface area contributed by atoms with Crippen LogP contribution in [0.3, 0.4) is 0 Å². The fraction of sp³-hybridized carbons (Fsp3) is 0.706. The van der Waals surface area contributed by atoms with Crippen molar-refractivity contribution >= 4 is 0 Å². The lowest BCUT2D eigenvalue weighted by Gasteiger charge is -2.40. The number of rotatable bonds is 6. The first-order valence-corrected chi connectivity index (χ1v) is 8.03. The zero-order valence-electron chi connectivity index (χ0n) is 13.3. The Hall–Kier alpha value is -0.930. The molecule has 112 valence electrons. The molecular formula is C17H29N3. The molecule has 0 bridgehead atoms. The fourth-order valence-electron chi connectivity index (χ4n) is 3.25. The summed E-state index contributed by atoms with van der Waals surface area (Å²) in [6, 6.07) is 6.34. The van der Waals surface area contributed by atoms with Gasteiger partial charge >= 0.3 is 0 Å². The lowest BCUT2D eigenvalue weighted by atomic mass is 9.76. The molecule has 0 amide bonds. The summed E-state index contributed by atoms with van der Waals surface area (Å²) in [5.74, 6) is 0. The second-order valence-corrected chi connectivity index (χ2v) is 6.18. The highest BCUT2D eigenvalue weighted by atomic mass is 15.1. The first-order chi connectivity index (χ1) is 9.67. The van der Waals surface area contributed by atoms with Crippen molar-refractivity contribution in [2.45, 2.75) is 46.6 Å². The number of aromatic nitrogens is 1. The van der Waals surface area contributed by atoms with Gasteiger partial charge in [0.15, 0.2) is 0 Å². The van der Waals surface area contributed by atoms with Crippen LogP contribution < -0.4 is 5.32 Å². The summed E-state index contributed by atoms with van der Waals surface area (Å²) in [6.45, 7) is 12.3. The minimum absolute atomic E-state index is 0.505. The van der Waals surface area contributed by atoms with E-state index in [1.54, 1.807) is 0 Å². The van der Waals surface area contributed by atoms with Gasteiger partial charge in [0.1, 0.15) is 0 Å². The van der Waals surface area contributed by atoms with Gasteiger partial charge in [0.2, 0.25) is 0 Å². The summed E-state index contributed by atoms with van der Waals surface area (Å²) < 4.78 is 0. The third-order valence-corrected chi connectivity index (χ3v) is 4.75. The Morgan fingerprint density at radius 1 is 1.25 bits per heavy atom. The van der Waals surface area contributed by atoms with Crippen molar-refractivity contribution in [2.24, 2.45) is 5.41 Å². The average molecular weight is 275 g/mol. The van der Waals surface area contributed by atoms with Crippen molar-refractivity contribution in [1.82, 2.24) is 15.2 Å². The van der Waals surface area contributed by atoms with E-state index in [0.29, 0.717) is 5.41 Å². The zero-order chi connectivity index (χ0) is 14.4. The van der Waals surface area contributed by atoms with Crippen LogP contribution in [0.5, 0.6) is 0 Å². The van der Waals surface area contributed by atoms with E-state index in [9.17, 15) is 0 Å². The van der Waals surface area contributed by atoms with Gasteiger partial charge in [-0.1, -0.05) is 19.9 Å². The third-order valence-electron chi connectivity index (χ3n) is 4.75. The van der Waals surface area contributed by atoms with Gasteiger partial charge in [-0.2, -0.15) is 0 Å². The van der Waals surface area contributed by atoms with Gasteiger partial charge in [-0.05, 0) is 63.4 Å². The fourth-order valence-corrected chi connectivity index (χ4v) is 3.25. The van der Waals surface area contributed by atoms with E-state index in [4.69, 9.17) is 0 Å². The minimum atomic E-state index is 0.505. The second kappa shape index (κ2) is 7.19. The first-order valence-electron chi connectivity index (χ1n) is 8.03. The quantitative estimate of drug-likeness (QED) is 0.865. The number of hydrogen-bond acceptors (Lipinski definition) is 3. The topological polar surface area (TPSA) is 28.2 Å². The van der Waals surface area contributed by atoms with Crippen LogP contribution in [0.15, 0.2) is 18.2 Å². The number of nitrogens with zero attached hydrogens (tertiary/aromatic N) is 2. The van der Waals surface area contributed by atoms with Gasteiger partial charge < -0.3 is 5.32 Å². The molecule has 1 aliphatic rings. The number of pyridine rings is 1. The Bertz CT molecular complexity index is 410. The lowest BCUT2D eigenvalue weighted by molar-refractivity contribution is 0.105. The summed E-state index contributed by atoms with van der Waals surface area (Å²) in [4.78, 5) is 7.21. The maximum absolute atomic E-state index is 4.65. The van der Waals surface area contributed by atoms with Gasteiger partial charge in [0.05, 0.1) is 5.69 Å². The highest BCUT2D eigenvalue weighted by Crippen LogP contribution is 2.33. The van der Waals surface area contributed by atoms with Gasteiger partial charge in [-0.25, -0.2) is 0 Å². The Kier molecular flexibility index (Phi) is 5.55. The molecule has 2 heterocycles. The van der Waals surface area contributed by atoms with Gasteiger partial charge in [-0.15, -0.1) is 0 Å². The van der Waals surface area contributed by atoms with Gasteiger partial charge in [-0.3, -0.25) is 9.88 Å². The Balaban J connectivity index is 2.00. The summed E-state index contributed by atoms with van der Waals surface area (Å²) >= 11 is 0. The van der Waals surface area contributed by atoms with Crippen LogP contribution in [0.25, 0.3) is 0 Å². The van der Waals surface area contributed by atoms with Crippen LogP contribution in [0.1, 0.15) is 44.5 Å². The molecule has 1 fully saturated rings. The van der Waals surface area contributed by atoms with Gasteiger partial charge in [0.25, 0.3) is 0 Å². The largest absolute Gasteiger partial charge is 0.317 e. The molecule has 0 aliphatic carbocycles. The van der Waals surface area contributed by atoms with Crippen LogP contribution >= 0.6 is 0 Å². The van der Waals surface area contributed by atoms with Crippen molar-refractivity contribution in [3.05, 3.63) is 29.6 Å². The van der Waals surface area contributed by atoms with E-state index in [0.717, 1.165) is 18.8 Å². The Labute approximate surface area is 123 Å². The molecule has 1 N–H and O–H groups in total. The number of hydrogen-bond donors (Lipinski definition) is 1. The van der Waals surface area contributed by atoms with Crippen molar-refractivity contribution in [3.63, 3.8) is 0 Å². The molecule has 2 rings (SSSR count). The minimum Gasteiger partial charge on any atom is -0.317 e. The Morgan fingerprint density at radius 3 is 2.60 bits per heavy atom. The summed E-state index contributed by atoms with van der Waals surface area (Å²) in [5.41, 5.74) is 2.82. The standard InChI is InChI=1S/C17H29N3/c1-4-17(9-11-18-12-10-17)14-20(5-2)13-16-8-6-7-15(3)19-16/h6-8,18H,4-5,9-14H2,1-3H3. The van der Waals surface area contributed by atoms with E-state index in [2.05, 4.69) is 54.2 Å². The second-order valence-electron chi connectivity index (χ2n) is 6.18. The molecule has 0 radical (unpaired) electrons. The third kappa shape index (κ3) is 4.03. The molecule has 1 saturated heterocycles. The predicted molar refractivity (Wildman–Crippen MR) is 84.8 cm³/mol. The summed E-state index contributed by atoms with van der Waals surface area (Å²) in [5, 5.41) is 3.49. The number of aryl methyl sites for hydroxylation is 1. The average Bonchev–Trinajstić information content (AvgIpc) is 2.47. The normalized spacial score (nSPS) is 18.4. The molecule has 0 aromatic carbocycles. The van der Waals surface area contributed by atoms with Crippen molar-refractivity contribution in [3.8, 4) is 0 Å². The van der Waals surface area contributed by atoms with Crippen LogP contribution in [-0.2, 0) is 6.54 Å². The molecule has 1 aromatic heterocycles. The monoisotopic (exact) mass is 275 g/mol. The summed E-state index contributed by atoms with van der Waals surface area (Å²) in [7, 11) is 0. The molecule has 1 aliphatic heterocycles. The molecular weight excluding hydrogens is 246 g/mol. The molecule has 0 atom stereocenters. The predicted octanol–water partition coefficient (Wildman–Crippen LogP) is 2.99. The Morgan fingerprint density at radius 2 is 2.00 bits per heavy atom. The maximum Gasteiger partial charge on any atom is 0.0547 e. The van der Waals surface area contributed by atoms with Crippen molar-refractivity contribution in [2.75, 3.05) is 26.2 Å². The van der Waals surface area contributed by atoms with E-state index in [1.165, 1.54) is 44.6 Å². The molecule has 0 spiro atoms. The molecule has 0 unspecified atom stereocenters. The summed E-state index contributed by atoms with van der Waals surface area (Å²) in [6.07, 6.45) is 3.90. The van der Waals surface area contributed by atoms with Gasteiger partial charge in [0, 0.05) is 18.8 Å². The molecule has 3 heteroatoms. The van der Waals surface area contributed by atoms with E-state index in [1.807, 2.05) is 0 Å². The highest BCUT2D eigenvalue weighted by Gasteiger charge is 2.31. The van der Waals surface area contributed by atoms with E-state index < -0.39 is 0 Å². The zero-order valence-corrected chi connectivity index (χ0v) is 13.3. The molecule has 3 nitrogen and oxygen atoms in total. The molecule has 20 heavy (non-hydrogen) atoms. The molecule has 1 aromatic rings. The molecule has 0 saturated carbocycles. The number of nitrogens with one attached hydrogen (secondary N) is 1. The smallest absolute Gasteiger partial charge is 0.0547 e.